The Morgan fingerprint density at radius 3 is 2.96 bits per heavy atom. The summed E-state index contributed by atoms with van der Waals surface area (Å²) in [4.78, 5) is 19.8. The van der Waals surface area contributed by atoms with Crippen LogP contribution in [0.15, 0.2) is 36.5 Å². The average molecular weight is 381 g/mol. The number of benzene rings is 1. The van der Waals surface area contributed by atoms with Gasteiger partial charge in [0, 0.05) is 19.6 Å². The summed E-state index contributed by atoms with van der Waals surface area (Å²) in [5, 5.41) is 9.51. The fourth-order valence-corrected chi connectivity index (χ4v) is 4.59. The van der Waals surface area contributed by atoms with Crippen molar-refractivity contribution >= 4 is 17.2 Å². The van der Waals surface area contributed by atoms with Crippen LogP contribution < -0.4 is 0 Å². The van der Waals surface area contributed by atoms with E-state index in [1.54, 1.807) is 6.20 Å². The minimum Gasteiger partial charge on any atom is -0.371 e. The van der Waals surface area contributed by atoms with Crippen molar-refractivity contribution in [1.29, 1.82) is 0 Å². The zero-order valence-corrected chi connectivity index (χ0v) is 15.6. The van der Waals surface area contributed by atoms with Crippen LogP contribution in [-0.4, -0.2) is 43.9 Å². The van der Waals surface area contributed by atoms with E-state index in [9.17, 15) is 4.79 Å². The zero-order valence-electron chi connectivity index (χ0n) is 14.7. The van der Waals surface area contributed by atoms with Gasteiger partial charge in [0.2, 0.25) is 0 Å². The number of rotatable bonds is 3. The molecule has 2 aliphatic heterocycles. The summed E-state index contributed by atoms with van der Waals surface area (Å²) in [5.74, 6) is 0.0108. The number of para-hydroxylation sites is 1. The molecule has 0 aliphatic carbocycles. The Morgan fingerprint density at radius 2 is 2.15 bits per heavy atom. The molecule has 7 nitrogen and oxygen atoms in total. The maximum atomic E-state index is 12.9. The molecule has 0 bridgehead atoms. The Morgan fingerprint density at radius 1 is 1.26 bits per heavy atom. The predicted molar refractivity (Wildman–Crippen MR) is 99.8 cm³/mol. The standard InChI is InChI=1S/C19H19N5O2S/c25-19(17-11-20-18(27-17)16-7-4-10-26-16)23-9-8-15-14(12-23)21-22-24(15)13-5-2-1-3-6-13/h1-3,5-6,11,16H,4,7-10,12H2/t16-/m0/s1. The van der Waals surface area contributed by atoms with E-state index in [4.69, 9.17) is 4.74 Å². The topological polar surface area (TPSA) is 73.1 Å². The second-order valence-corrected chi connectivity index (χ2v) is 7.83. The lowest BCUT2D eigenvalue weighted by atomic mass is 10.1. The van der Waals surface area contributed by atoms with E-state index < -0.39 is 0 Å². The van der Waals surface area contributed by atoms with Gasteiger partial charge in [0.1, 0.15) is 21.7 Å². The van der Waals surface area contributed by atoms with Gasteiger partial charge in [-0.3, -0.25) is 4.79 Å². The molecule has 138 valence electrons. The van der Waals surface area contributed by atoms with Crippen LogP contribution in [-0.2, 0) is 17.7 Å². The fourth-order valence-electron chi connectivity index (χ4n) is 3.62. The SMILES string of the molecule is O=C(c1cnc([C@@H]2CCCO2)s1)N1CCc2c(nnn2-c2ccccc2)C1. The maximum Gasteiger partial charge on any atom is 0.265 e. The third-order valence-electron chi connectivity index (χ3n) is 5.03. The van der Waals surface area contributed by atoms with Gasteiger partial charge < -0.3 is 9.64 Å². The summed E-state index contributed by atoms with van der Waals surface area (Å²) in [6.07, 6.45) is 4.51. The van der Waals surface area contributed by atoms with E-state index in [0.717, 1.165) is 48.0 Å². The van der Waals surface area contributed by atoms with E-state index in [2.05, 4.69) is 15.3 Å². The van der Waals surface area contributed by atoms with Crippen molar-refractivity contribution in [3.8, 4) is 5.69 Å². The molecule has 0 saturated carbocycles. The Balaban J connectivity index is 1.34. The molecule has 0 spiro atoms. The molecule has 4 heterocycles. The number of aromatic nitrogens is 4. The number of thiazole rings is 1. The van der Waals surface area contributed by atoms with Crippen molar-refractivity contribution in [3.63, 3.8) is 0 Å². The highest BCUT2D eigenvalue weighted by Gasteiger charge is 2.29. The Labute approximate surface area is 160 Å². The van der Waals surface area contributed by atoms with Gasteiger partial charge in [0.25, 0.3) is 5.91 Å². The van der Waals surface area contributed by atoms with Gasteiger partial charge in [0.05, 0.1) is 24.1 Å². The lowest BCUT2D eigenvalue weighted by Gasteiger charge is -2.25. The first-order valence-corrected chi connectivity index (χ1v) is 9.97. The first-order valence-electron chi connectivity index (χ1n) is 9.15. The number of nitrogens with zero attached hydrogens (tertiary/aromatic N) is 5. The first-order chi connectivity index (χ1) is 13.3. The lowest BCUT2D eigenvalue weighted by molar-refractivity contribution is 0.0736. The number of ether oxygens (including phenoxy) is 1. The smallest absolute Gasteiger partial charge is 0.265 e. The lowest BCUT2D eigenvalue weighted by Crippen LogP contribution is -2.36. The summed E-state index contributed by atoms with van der Waals surface area (Å²) in [5.41, 5.74) is 2.94. The van der Waals surface area contributed by atoms with Gasteiger partial charge in [-0.1, -0.05) is 23.4 Å². The minimum absolute atomic E-state index is 0.0108. The highest BCUT2D eigenvalue weighted by Crippen LogP contribution is 2.32. The molecule has 27 heavy (non-hydrogen) atoms. The van der Waals surface area contributed by atoms with Crippen molar-refractivity contribution in [2.24, 2.45) is 0 Å². The number of fused-ring (bicyclic) bond motifs is 1. The molecule has 8 heteroatoms. The van der Waals surface area contributed by atoms with Crippen molar-refractivity contribution < 1.29 is 9.53 Å². The van der Waals surface area contributed by atoms with Crippen LogP contribution in [0.1, 0.15) is 45.0 Å². The number of hydrogen-bond donors (Lipinski definition) is 0. The number of hydrogen-bond acceptors (Lipinski definition) is 6. The van der Waals surface area contributed by atoms with Gasteiger partial charge >= 0.3 is 0 Å². The third-order valence-corrected chi connectivity index (χ3v) is 6.11. The summed E-state index contributed by atoms with van der Waals surface area (Å²) >= 11 is 1.45. The number of carbonyl (C=O) groups is 1. The minimum atomic E-state index is 0.0108. The molecular formula is C19H19N5O2S. The molecular weight excluding hydrogens is 362 g/mol. The second-order valence-electron chi connectivity index (χ2n) is 6.77. The van der Waals surface area contributed by atoms with Crippen molar-refractivity contribution in [3.05, 3.63) is 57.8 Å². The van der Waals surface area contributed by atoms with Crippen LogP contribution in [0.2, 0.25) is 0 Å². The van der Waals surface area contributed by atoms with E-state index in [0.29, 0.717) is 18.0 Å². The zero-order chi connectivity index (χ0) is 18.2. The number of amides is 1. The van der Waals surface area contributed by atoms with Gasteiger partial charge in [0.15, 0.2) is 0 Å². The van der Waals surface area contributed by atoms with Gasteiger partial charge in [-0.05, 0) is 25.0 Å². The van der Waals surface area contributed by atoms with E-state index in [1.807, 2.05) is 39.9 Å². The second kappa shape index (κ2) is 6.86. The van der Waals surface area contributed by atoms with Crippen molar-refractivity contribution in [1.82, 2.24) is 24.9 Å². The molecule has 2 aromatic heterocycles. The summed E-state index contributed by atoms with van der Waals surface area (Å²) in [6.45, 7) is 1.91. The van der Waals surface area contributed by atoms with Gasteiger partial charge in [-0.2, -0.15) is 0 Å². The quantitative estimate of drug-likeness (QED) is 0.698. The van der Waals surface area contributed by atoms with E-state index >= 15 is 0 Å². The summed E-state index contributed by atoms with van der Waals surface area (Å²) < 4.78 is 7.55. The van der Waals surface area contributed by atoms with E-state index in [-0.39, 0.29) is 12.0 Å². The van der Waals surface area contributed by atoms with Crippen LogP contribution in [0.5, 0.6) is 0 Å². The largest absolute Gasteiger partial charge is 0.371 e. The first kappa shape index (κ1) is 16.6. The van der Waals surface area contributed by atoms with Crippen LogP contribution in [0.25, 0.3) is 5.69 Å². The fraction of sp³-hybridized carbons (Fsp3) is 0.368. The van der Waals surface area contributed by atoms with Crippen molar-refractivity contribution in [2.45, 2.75) is 31.9 Å². The summed E-state index contributed by atoms with van der Waals surface area (Å²) in [6, 6.07) is 9.97. The molecule has 0 N–H and O–H groups in total. The maximum absolute atomic E-state index is 12.9. The molecule has 1 amide bonds. The molecule has 3 aromatic rings. The molecule has 0 unspecified atom stereocenters. The third kappa shape index (κ3) is 3.04. The van der Waals surface area contributed by atoms with Crippen LogP contribution >= 0.6 is 11.3 Å². The Bertz CT molecular complexity index is 962. The van der Waals surface area contributed by atoms with Crippen LogP contribution in [0.4, 0.5) is 0 Å². The Kier molecular flexibility index (Phi) is 4.21. The predicted octanol–water partition coefficient (Wildman–Crippen LogP) is 2.77. The van der Waals surface area contributed by atoms with Gasteiger partial charge in [-0.15, -0.1) is 16.4 Å². The van der Waals surface area contributed by atoms with Crippen LogP contribution in [0.3, 0.4) is 0 Å². The summed E-state index contributed by atoms with van der Waals surface area (Å²) in [7, 11) is 0. The molecule has 1 saturated heterocycles. The molecule has 5 rings (SSSR count). The highest BCUT2D eigenvalue weighted by molar-refractivity contribution is 7.13. The molecule has 1 atom stereocenters. The molecule has 2 aliphatic rings. The van der Waals surface area contributed by atoms with E-state index in [1.165, 1.54) is 11.3 Å². The normalized spacial score (nSPS) is 19.3. The number of carbonyl (C=O) groups excluding carboxylic acids is 1. The molecule has 0 radical (unpaired) electrons. The average Bonchev–Trinajstić information content (AvgIpc) is 3.47. The van der Waals surface area contributed by atoms with Crippen molar-refractivity contribution in [2.75, 3.05) is 13.2 Å². The Hall–Kier alpha value is -2.58. The molecule has 1 fully saturated rings. The van der Waals surface area contributed by atoms with Crippen LogP contribution in [0, 0.1) is 0 Å². The molecule has 1 aromatic carbocycles. The monoisotopic (exact) mass is 381 g/mol. The highest BCUT2D eigenvalue weighted by atomic mass is 32.1. The van der Waals surface area contributed by atoms with Gasteiger partial charge in [-0.25, -0.2) is 9.67 Å².